The summed E-state index contributed by atoms with van der Waals surface area (Å²) in [6.45, 7) is 0. The zero-order chi connectivity index (χ0) is 20.1. The van der Waals surface area contributed by atoms with Crippen molar-refractivity contribution in [2.75, 3.05) is 7.11 Å². The third-order valence-corrected chi connectivity index (χ3v) is 3.98. The van der Waals surface area contributed by atoms with E-state index in [2.05, 4.69) is 0 Å². The van der Waals surface area contributed by atoms with Crippen LogP contribution in [0.3, 0.4) is 0 Å². The van der Waals surface area contributed by atoms with E-state index in [0.717, 1.165) is 6.07 Å². The third kappa shape index (κ3) is 4.04. The number of carbonyl (C=O) groups is 2. The van der Waals surface area contributed by atoms with Crippen molar-refractivity contribution in [2.24, 2.45) is 0 Å². The number of nitrogens with zero attached hydrogens (tertiary/aromatic N) is 1. The van der Waals surface area contributed by atoms with Crippen molar-refractivity contribution >= 4 is 17.4 Å². The van der Waals surface area contributed by atoms with E-state index >= 15 is 0 Å². The molecule has 0 aliphatic heterocycles. The number of hydrogen-bond donors (Lipinski definition) is 0. The number of benzene rings is 3. The second-order valence-electron chi connectivity index (χ2n) is 5.75. The lowest BCUT2D eigenvalue weighted by Gasteiger charge is -2.09. The van der Waals surface area contributed by atoms with Crippen LogP contribution >= 0.6 is 0 Å². The van der Waals surface area contributed by atoms with Gasteiger partial charge in [-0.05, 0) is 30.3 Å². The highest BCUT2D eigenvalue weighted by atomic mass is 16.6. The first-order chi connectivity index (χ1) is 13.5. The number of non-ortho nitro benzene ring substituents is 1. The minimum atomic E-state index is -0.803. The van der Waals surface area contributed by atoms with E-state index in [-0.39, 0.29) is 28.5 Å². The normalized spacial score (nSPS) is 10.2. The molecule has 7 nitrogen and oxygen atoms in total. The first kappa shape index (κ1) is 18.8. The van der Waals surface area contributed by atoms with E-state index in [1.807, 2.05) is 6.07 Å². The van der Waals surface area contributed by atoms with Crippen LogP contribution in [0.2, 0.25) is 0 Å². The summed E-state index contributed by atoms with van der Waals surface area (Å²) in [5, 5.41) is 10.9. The van der Waals surface area contributed by atoms with Gasteiger partial charge in [0.1, 0.15) is 17.1 Å². The number of carbonyl (C=O) groups excluding carboxylic acids is 2. The Hall–Kier alpha value is -4.00. The highest BCUT2D eigenvalue weighted by Crippen LogP contribution is 2.26. The van der Waals surface area contributed by atoms with Crippen LogP contribution in [0.15, 0.2) is 72.8 Å². The first-order valence-electron chi connectivity index (χ1n) is 8.24. The molecule has 0 atom stereocenters. The number of rotatable bonds is 6. The molecule has 0 radical (unpaired) electrons. The standard InChI is InChI=1S/C21H15NO6/c1-27-19-12-9-16(22(25)26)13-18(19)21(24)28-17-10-7-15(8-11-17)20(23)14-5-3-2-4-6-14/h2-13H,1H3. The fourth-order valence-electron chi connectivity index (χ4n) is 2.56. The van der Waals surface area contributed by atoms with Gasteiger partial charge >= 0.3 is 5.97 Å². The van der Waals surface area contributed by atoms with Crippen molar-refractivity contribution in [3.63, 3.8) is 0 Å². The Bertz CT molecular complexity index is 1030. The molecule has 0 amide bonds. The van der Waals surface area contributed by atoms with E-state index in [9.17, 15) is 19.7 Å². The average Bonchev–Trinajstić information content (AvgIpc) is 2.73. The molecule has 7 heteroatoms. The summed E-state index contributed by atoms with van der Waals surface area (Å²) in [7, 11) is 1.35. The van der Waals surface area contributed by atoms with Gasteiger partial charge in [0, 0.05) is 23.3 Å². The van der Waals surface area contributed by atoms with Crippen LogP contribution in [0.1, 0.15) is 26.3 Å². The number of ketones is 1. The molecule has 3 aromatic carbocycles. The fourth-order valence-corrected chi connectivity index (χ4v) is 2.56. The third-order valence-electron chi connectivity index (χ3n) is 3.98. The van der Waals surface area contributed by atoms with E-state index in [1.54, 1.807) is 36.4 Å². The summed E-state index contributed by atoms with van der Waals surface area (Å²) in [5.41, 5.74) is 0.671. The van der Waals surface area contributed by atoms with Gasteiger partial charge in [0.2, 0.25) is 0 Å². The number of nitro groups is 1. The van der Waals surface area contributed by atoms with Crippen LogP contribution in [0.4, 0.5) is 5.69 Å². The molecule has 0 bridgehead atoms. The second-order valence-corrected chi connectivity index (χ2v) is 5.75. The Labute approximate surface area is 160 Å². The molecule has 0 unspecified atom stereocenters. The molecule has 0 saturated heterocycles. The van der Waals surface area contributed by atoms with Crippen LogP contribution in [0.5, 0.6) is 11.5 Å². The van der Waals surface area contributed by atoms with Crippen molar-refractivity contribution < 1.29 is 24.0 Å². The molecular weight excluding hydrogens is 362 g/mol. The van der Waals surface area contributed by atoms with Gasteiger partial charge < -0.3 is 9.47 Å². The van der Waals surface area contributed by atoms with Gasteiger partial charge in [-0.2, -0.15) is 0 Å². The predicted molar refractivity (Wildman–Crippen MR) is 101 cm³/mol. The minimum Gasteiger partial charge on any atom is -0.496 e. The lowest BCUT2D eigenvalue weighted by Crippen LogP contribution is -2.11. The topological polar surface area (TPSA) is 95.7 Å². The van der Waals surface area contributed by atoms with E-state index < -0.39 is 10.9 Å². The molecule has 0 spiro atoms. The lowest BCUT2D eigenvalue weighted by molar-refractivity contribution is -0.384. The Morgan fingerprint density at radius 3 is 2.14 bits per heavy atom. The van der Waals surface area contributed by atoms with Crippen molar-refractivity contribution in [2.45, 2.75) is 0 Å². The zero-order valence-corrected chi connectivity index (χ0v) is 14.8. The van der Waals surface area contributed by atoms with E-state index in [1.165, 1.54) is 31.4 Å². The van der Waals surface area contributed by atoms with Gasteiger partial charge in [-0.3, -0.25) is 14.9 Å². The Balaban J connectivity index is 1.79. The minimum absolute atomic E-state index is 0.0684. The lowest BCUT2D eigenvalue weighted by atomic mass is 10.0. The highest BCUT2D eigenvalue weighted by molar-refractivity contribution is 6.09. The summed E-state index contributed by atoms with van der Waals surface area (Å²) in [5.74, 6) is -0.601. The number of ether oxygens (including phenoxy) is 2. The Morgan fingerprint density at radius 1 is 0.893 bits per heavy atom. The predicted octanol–water partition coefficient (Wildman–Crippen LogP) is 4.05. The van der Waals surface area contributed by atoms with Gasteiger partial charge in [-0.15, -0.1) is 0 Å². The summed E-state index contributed by atoms with van der Waals surface area (Å²) in [4.78, 5) is 35.1. The maximum Gasteiger partial charge on any atom is 0.347 e. The molecule has 3 rings (SSSR count). The maximum atomic E-state index is 12.4. The molecular formula is C21H15NO6. The molecule has 0 N–H and O–H groups in total. The summed E-state index contributed by atoms with van der Waals surface area (Å²) >= 11 is 0. The zero-order valence-electron chi connectivity index (χ0n) is 14.8. The molecule has 0 aliphatic rings. The number of methoxy groups -OCH3 is 1. The summed E-state index contributed by atoms with van der Waals surface area (Å²) in [6.07, 6.45) is 0. The molecule has 0 saturated carbocycles. The molecule has 0 aromatic heterocycles. The Morgan fingerprint density at radius 2 is 1.54 bits per heavy atom. The van der Waals surface area contributed by atoms with Gasteiger partial charge in [0.05, 0.1) is 12.0 Å². The van der Waals surface area contributed by atoms with Crippen molar-refractivity contribution in [1.29, 1.82) is 0 Å². The van der Waals surface area contributed by atoms with E-state index in [4.69, 9.17) is 9.47 Å². The van der Waals surface area contributed by atoms with Crippen LogP contribution in [0, 0.1) is 10.1 Å². The fraction of sp³-hybridized carbons (Fsp3) is 0.0476. The smallest absolute Gasteiger partial charge is 0.347 e. The van der Waals surface area contributed by atoms with Gasteiger partial charge in [-0.25, -0.2) is 4.79 Å². The molecule has 0 aliphatic carbocycles. The monoisotopic (exact) mass is 377 g/mol. The maximum absolute atomic E-state index is 12.4. The number of hydrogen-bond acceptors (Lipinski definition) is 6. The van der Waals surface area contributed by atoms with Crippen molar-refractivity contribution in [3.8, 4) is 11.5 Å². The SMILES string of the molecule is COc1ccc([N+](=O)[O-])cc1C(=O)Oc1ccc(C(=O)c2ccccc2)cc1. The van der Waals surface area contributed by atoms with Crippen LogP contribution in [0.25, 0.3) is 0 Å². The van der Waals surface area contributed by atoms with Crippen LogP contribution in [-0.2, 0) is 0 Å². The van der Waals surface area contributed by atoms with Crippen molar-refractivity contribution in [3.05, 3.63) is 99.6 Å². The summed E-state index contributed by atoms with van der Waals surface area (Å²) in [6, 6.07) is 18.5. The number of nitro benzene ring substituents is 1. The van der Waals surface area contributed by atoms with E-state index in [0.29, 0.717) is 11.1 Å². The Kier molecular flexibility index (Phi) is 5.45. The van der Waals surface area contributed by atoms with Gasteiger partial charge in [0.25, 0.3) is 5.69 Å². The first-order valence-corrected chi connectivity index (χ1v) is 8.24. The largest absolute Gasteiger partial charge is 0.496 e. The van der Waals surface area contributed by atoms with Gasteiger partial charge in [-0.1, -0.05) is 30.3 Å². The molecule has 3 aromatic rings. The summed E-state index contributed by atoms with van der Waals surface area (Å²) < 4.78 is 10.3. The van der Waals surface area contributed by atoms with Crippen LogP contribution < -0.4 is 9.47 Å². The second kappa shape index (κ2) is 8.13. The quantitative estimate of drug-likeness (QED) is 0.211. The highest BCUT2D eigenvalue weighted by Gasteiger charge is 2.19. The van der Waals surface area contributed by atoms with Crippen LogP contribution in [-0.4, -0.2) is 23.8 Å². The molecule has 140 valence electrons. The molecule has 0 heterocycles. The van der Waals surface area contributed by atoms with Gasteiger partial charge in [0.15, 0.2) is 5.78 Å². The molecule has 28 heavy (non-hydrogen) atoms. The number of esters is 1. The average molecular weight is 377 g/mol. The molecule has 0 fully saturated rings. The van der Waals surface area contributed by atoms with Crippen molar-refractivity contribution in [1.82, 2.24) is 0 Å².